The lowest BCUT2D eigenvalue weighted by atomic mass is 10.0. The molecular weight excluding hydrogens is 268 g/mol. The molecule has 1 heterocycles. The number of aliphatic hydroxyl groups excluding tert-OH is 1. The summed E-state index contributed by atoms with van der Waals surface area (Å²) >= 11 is 0. The summed E-state index contributed by atoms with van der Waals surface area (Å²) in [4.78, 5) is 26.9. The van der Waals surface area contributed by atoms with Crippen molar-refractivity contribution in [3.8, 4) is 0 Å². The Labute approximate surface area is 126 Å². The molecule has 0 saturated heterocycles. The number of ketones is 1. The van der Waals surface area contributed by atoms with Gasteiger partial charge in [0.05, 0.1) is 6.10 Å². The highest BCUT2D eigenvalue weighted by Gasteiger charge is 2.21. The molecule has 1 unspecified atom stereocenters. The molecule has 0 saturated carbocycles. The van der Waals surface area contributed by atoms with Gasteiger partial charge in [-0.25, -0.2) is 0 Å². The summed E-state index contributed by atoms with van der Waals surface area (Å²) in [5.41, 5.74) is 2.57. The highest BCUT2D eigenvalue weighted by atomic mass is 16.3. The van der Waals surface area contributed by atoms with E-state index in [0.717, 1.165) is 11.3 Å². The van der Waals surface area contributed by atoms with Crippen LogP contribution in [-0.2, 0) is 6.42 Å². The van der Waals surface area contributed by atoms with Crippen LogP contribution in [0.3, 0.4) is 0 Å². The number of H-pyrrole nitrogens is 1. The molecule has 21 heavy (non-hydrogen) atoms. The van der Waals surface area contributed by atoms with E-state index in [-0.39, 0.29) is 17.6 Å². The number of Topliss-reactive ketones (excluding diaryl/α,β-unsaturated/α-hetero) is 1. The van der Waals surface area contributed by atoms with E-state index in [4.69, 9.17) is 0 Å². The Hall–Kier alpha value is -1.62. The van der Waals surface area contributed by atoms with Crippen molar-refractivity contribution in [1.29, 1.82) is 0 Å². The molecule has 118 valence electrons. The largest absolute Gasteiger partial charge is 0.393 e. The van der Waals surface area contributed by atoms with Crippen molar-refractivity contribution in [2.24, 2.45) is 5.92 Å². The highest BCUT2D eigenvalue weighted by Crippen LogP contribution is 2.20. The van der Waals surface area contributed by atoms with Crippen molar-refractivity contribution < 1.29 is 14.7 Å². The van der Waals surface area contributed by atoms with E-state index in [2.05, 4.69) is 10.3 Å². The van der Waals surface area contributed by atoms with Crippen molar-refractivity contribution in [1.82, 2.24) is 10.3 Å². The summed E-state index contributed by atoms with van der Waals surface area (Å²) < 4.78 is 0. The van der Waals surface area contributed by atoms with Crippen LogP contribution in [0.2, 0.25) is 0 Å². The number of aliphatic hydroxyl groups is 1. The fourth-order valence-corrected chi connectivity index (χ4v) is 2.46. The fourth-order valence-electron chi connectivity index (χ4n) is 2.46. The second-order valence-electron chi connectivity index (χ2n) is 5.74. The molecule has 0 aliphatic heterocycles. The number of amides is 1. The van der Waals surface area contributed by atoms with Gasteiger partial charge in [0.1, 0.15) is 5.69 Å². The maximum Gasteiger partial charge on any atom is 0.268 e. The summed E-state index contributed by atoms with van der Waals surface area (Å²) in [6.45, 7) is 9.53. The Morgan fingerprint density at radius 2 is 1.95 bits per heavy atom. The van der Waals surface area contributed by atoms with Crippen molar-refractivity contribution in [2.75, 3.05) is 6.54 Å². The first-order chi connectivity index (χ1) is 9.79. The van der Waals surface area contributed by atoms with Crippen LogP contribution >= 0.6 is 0 Å². The van der Waals surface area contributed by atoms with Crippen LogP contribution in [0, 0.1) is 12.8 Å². The lowest BCUT2D eigenvalue weighted by Crippen LogP contribution is -2.29. The quantitative estimate of drug-likeness (QED) is 0.674. The van der Waals surface area contributed by atoms with E-state index in [1.54, 1.807) is 6.92 Å². The zero-order chi connectivity index (χ0) is 16.2. The standard InChI is InChI=1S/C16H26N2O3/c1-6-12-14(11(5)19)10(4)18-15(12)16(21)17-8-7-13(20)9(2)3/h9,13,18,20H,6-8H2,1-5H3,(H,17,21). The summed E-state index contributed by atoms with van der Waals surface area (Å²) in [5, 5.41) is 12.5. The van der Waals surface area contributed by atoms with E-state index >= 15 is 0 Å². The van der Waals surface area contributed by atoms with Gasteiger partial charge in [-0.3, -0.25) is 9.59 Å². The number of aromatic nitrogens is 1. The van der Waals surface area contributed by atoms with Crippen molar-refractivity contribution >= 4 is 11.7 Å². The number of rotatable bonds is 7. The maximum absolute atomic E-state index is 12.2. The first-order valence-electron chi connectivity index (χ1n) is 7.48. The SMILES string of the molecule is CCc1c(C(=O)NCCC(O)C(C)C)[nH]c(C)c1C(C)=O. The van der Waals surface area contributed by atoms with Gasteiger partial charge < -0.3 is 15.4 Å². The van der Waals surface area contributed by atoms with E-state index in [1.807, 2.05) is 20.8 Å². The molecule has 1 aromatic rings. The Kier molecular flexibility index (Phi) is 6.15. The monoisotopic (exact) mass is 294 g/mol. The van der Waals surface area contributed by atoms with Crippen LogP contribution in [0.5, 0.6) is 0 Å². The molecule has 0 bridgehead atoms. The van der Waals surface area contributed by atoms with Crippen molar-refractivity contribution in [2.45, 2.75) is 53.6 Å². The molecular formula is C16H26N2O3. The van der Waals surface area contributed by atoms with Gasteiger partial charge in [-0.15, -0.1) is 0 Å². The summed E-state index contributed by atoms with van der Waals surface area (Å²) in [6, 6.07) is 0. The van der Waals surface area contributed by atoms with E-state index in [1.165, 1.54) is 6.92 Å². The molecule has 5 nitrogen and oxygen atoms in total. The third-order valence-electron chi connectivity index (χ3n) is 3.72. The van der Waals surface area contributed by atoms with E-state index in [9.17, 15) is 14.7 Å². The Morgan fingerprint density at radius 3 is 2.43 bits per heavy atom. The molecule has 0 aliphatic carbocycles. The lowest BCUT2D eigenvalue weighted by Gasteiger charge is -2.14. The summed E-state index contributed by atoms with van der Waals surface area (Å²) in [6.07, 6.45) is 0.718. The molecule has 0 aliphatic rings. The predicted molar refractivity (Wildman–Crippen MR) is 82.7 cm³/mol. The highest BCUT2D eigenvalue weighted by molar-refractivity contribution is 6.02. The Morgan fingerprint density at radius 1 is 1.33 bits per heavy atom. The number of aryl methyl sites for hydroxylation is 1. The van der Waals surface area contributed by atoms with Gasteiger partial charge in [0.2, 0.25) is 0 Å². The van der Waals surface area contributed by atoms with Gasteiger partial charge in [0.15, 0.2) is 5.78 Å². The zero-order valence-corrected chi connectivity index (χ0v) is 13.5. The number of carbonyl (C=O) groups excluding carboxylic acids is 2. The van der Waals surface area contributed by atoms with Crippen LogP contribution in [-0.4, -0.2) is 34.4 Å². The van der Waals surface area contributed by atoms with Crippen molar-refractivity contribution in [3.05, 3.63) is 22.5 Å². The molecule has 0 fully saturated rings. The fraction of sp³-hybridized carbons (Fsp3) is 0.625. The lowest BCUT2D eigenvalue weighted by molar-refractivity contribution is 0.0915. The van der Waals surface area contributed by atoms with Crippen LogP contribution in [0.15, 0.2) is 0 Å². The average Bonchev–Trinajstić information content (AvgIpc) is 2.75. The van der Waals surface area contributed by atoms with Crippen molar-refractivity contribution in [3.63, 3.8) is 0 Å². The van der Waals surface area contributed by atoms with Crippen LogP contribution in [0.25, 0.3) is 0 Å². The topological polar surface area (TPSA) is 82.2 Å². The average molecular weight is 294 g/mol. The molecule has 0 spiro atoms. The third-order valence-corrected chi connectivity index (χ3v) is 3.72. The smallest absolute Gasteiger partial charge is 0.268 e. The molecule has 1 amide bonds. The predicted octanol–water partition coefficient (Wildman–Crippen LogP) is 2.22. The Balaban J connectivity index is 2.79. The third kappa shape index (κ3) is 4.17. The summed E-state index contributed by atoms with van der Waals surface area (Å²) in [5.74, 6) is -0.0848. The first kappa shape index (κ1) is 17.4. The second kappa shape index (κ2) is 7.41. The molecule has 1 atom stereocenters. The minimum Gasteiger partial charge on any atom is -0.393 e. The van der Waals surface area contributed by atoms with Crippen LogP contribution in [0.1, 0.15) is 66.2 Å². The van der Waals surface area contributed by atoms with Gasteiger partial charge in [-0.05, 0) is 38.2 Å². The first-order valence-corrected chi connectivity index (χ1v) is 7.48. The van der Waals surface area contributed by atoms with Gasteiger partial charge in [-0.1, -0.05) is 20.8 Å². The number of carbonyl (C=O) groups is 2. The maximum atomic E-state index is 12.2. The Bertz CT molecular complexity index is 518. The molecule has 1 aromatic heterocycles. The zero-order valence-electron chi connectivity index (χ0n) is 13.5. The summed E-state index contributed by atoms with van der Waals surface area (Å²) in [7, 11) is 0. The van der Waals surface area contributed by atoms with E-state index < -0.39 is 6.10 Å². The van der Waals surface area contributed by atoms with Gasteiger partial charge in [0.25, 0.3) is 5.91 Å². The molecule has 5 heteroatoms. The van der Waals surface area contributed by atoms with Gasteiger partial charge in [0, 0.05) is 17.8 Å². The minimum absolute atomic E-state index is 0.0325. The van der Waals surface area contributed by atoms with Gasteiger partial charge in [-0.2, -0.15) is 0 Å². The molecule has 0 aromatic carbocycles. The number of nitrogens with one attached hydrogen (secondary N) is 2. The normalized spacial score (nSPS) is 12.5. The number of hydrogen-bond acceptors (Lipinski definition) is 3. The minimum atomic E-state index is -0.422. The number of aromatic amines is 1. The van der Waals surface area contributed by atoms with Gasteiger partial charge >= 0.3 is 0 Å². The van der Waals surface area contributed by atoms with Crippen LogP contribution in [0.4, 0.5) is 0 Å². The van der Waals surface area contributed by atoms with Crippen LogP contribution < -0.4 is 5.32 Å². The molecule has 1 rings (SSSR count). The molecule has 0 radical (unpaired) electrons. The second-order valence-corrected chi connectivity index (χ2v) is 5.74. The number of hydrogen-bond donors (Lipinski definition) is 3. The molecule has 3 N–H and O–H groups in total. The van der Waals surface area contributed by atoms with E-state index in [0.29, 0.717) is 30.6 Å².